The van der Waals surface area contributed by atoms with E-state index in [1.165, 1.54) is 11.8 Å². The number of carbonyl (C=O) groups is 2. The largest absolute Gasteiger partial charge is 0.457 e. The lowest BCUT2D eigenvalue weighted by molar-refractivity contribution is -0.139. The lowest BCUT2D eigenvalue weighted by Crippen LogP contribution is -2.15. The topological polar surface area (TPSA) is 43.4 Å². The minimum absolute atomic E-state index is 0.0449. The molecule has 2 aromatic carbocycles. The summed E-state index contributed by atoms with van der Waals surface area (Å²) in [7, 11) is 0. The lowest BCUT2D eigenvalue weighted by Gasteiger charge is -2.07. The SMILES string of the molecule is O=C(CSc1cc(Cl)ccc1Cl)OCC(=O)c1ccccc1Br. The van der Waals surface area contributed by atoms with Crippen molar-refractivity contribution in [2.24, 2.45) is 0 Å². The molecule has 0 fully saturated rings. The highest BCUT2D eigenvalue weighted by Crippen LogP contribution is 2.29. The second-order valence-corrected chi connectivity index (χ2v) is 7.14. The molecule has 23 heavy (non-hydrogen) atoms. The fourth-order valence-electron chi connectivity index (χ4n) is 1.68. The Morgan fingerprint density at radius 3 is 2.61 bits per heavy atom. The van der Waals surface area contributed by atoms with Gasteiger partial charge in [0, 0.05) is 20.0 Å². The Kier molecular flexibility index (Phi) is 6.96. The van der Waals surface area contributed by atoms with Crippen molar-refractivity contribution in [2.45, 2.75) is 4.90 Å². The fourth-order valence-corrected chi connectivity index (χ4v) is 3.47. The third kappa shape index (κ3) is 5.53. The molecule has 0 amide bonds. The Morgan fingerprint density at radius 1 is 1.13 bits per heavy atom. The molecule has 0 aliphatic heterocycles. The monoisotopic (exact) mass is 432 g/mol. The molecule has 0 N–H and O–H groups in total. The van der Waals surface area contributed by atoms with Crippen molar-refractivity contribution in [1.29, 1.82) is 0 Å². The first-order chi connectivity index (χ1) is 11.0. The number of ketones is 1. The zero-order valence-electron chi connectivity index (χ0n) is 11.7. The number of halogens is 3. The molecule has 0 unspecified atom stereocenters. The van der Waals surface area contributed by atoms with Gasteiger partial charge in [0.2, 0.25) is 5.78 Å². The number of hydrogen-bond acceptors (Lipinski definition) is 4. The lowest BCUT2D eigenvalue weighted by atomic mass is 10.1. The van der Waals surface area contributed by atoms with Gasteiger partial charge in [-0.3, -0.25) is 9.59 Å². The number of rotatable bonds is 6. The third-order valence-electron chi connectivity index (χ3n) is 2.78. The van der Waals surface area contributed by atoms with E-state index in [0.717, 1.165) is 0 Å². The van der Waals surface area contributed by atoms with Crippen LogP contribution >= 0.6 is 50.9 Å². The summed E-state index contributed by atoms with van der Waals surface area (Å²) in [5.74, 6) is -0.716. The smallest absolute Gasteiger partial charge is 0.316 e. The van der Waals surface area contributed by atoms with E-state index in [2.05, 4.69) is 15.9 Å². The van der Waals surface area contributed by atoms with Crippen LogP contribution in [-0.2, 0) is 9.53 Å². The molecule has 0 aromatic heterocycles. The van der Waals surface area contributed by atoms with Gasteiger partial charge in [-0.25, -0.2) is 0 Å². The van der Waals surface area contributed by atoms with Crippen molar-refractivity contribution >= 4 is 62.6 Å². The summed E-state index contributed by atoms with van der Waals surface area (Å²) in [6.45, 7) is -0.300. The Labute approximate surface area is 156 Å². The van der Waals surface area contributed by atoms with Crippen LogP contribution < -0.4 is 0 Å². The van der Waals surface area contributed by atoms with E-state index in [0.29, 0.717) is 25.0 Å². The van der Waals surface area contributed by atoms with Crippen LogP contribution in [0.15, 0.2) is 51.8 Å². The molecule has 7 heteroatoms. The van der Waals surface area contributed by atoms with E-state index >= 15 is 0 Å². The van der Waals surface area contributed by atoms with Gasteiger partial charge in [-0.1, -0.05) is 57.3 Å². The highest BCUT2D eigenvalue weighted by atomic mass is 79.9. The number of ether oxygens (including phenoxy) is 1. The summed E-state index contributed by atoms with van der Waals surface area (Å²) in [5, 5.41) is 1.05. The molecule has 0 saturated heterocycles. The average Bonchev–Trinajstić information content (AvgIpc) is 2.54. The van der Waals surface area contributed by atoms with Gasteiger partial charge in [0.05, 0.1) is 10.8 Å². The van der Waals surface area contributed by atoms with Crippen molar-refractivity contribution in [3.8, 4) is 0 Å². The number of thioether (sulfide) groups is 1. The highest BCUT2D eigenvalue weighted by Gasteiger charge is 2.13. The van der Waals surface area contributed by atoms with Crippen molar-refractivity contribution < 1.29 is 14.3 Å². The van der Waals surface area contributed by atoms with Gasteiger partial charge >= 0.3 is 5.97 Å². The zero-order valence-corrected chi connectivity index (χ0v) is 15.6. The van der Waals surface area contributed by atoms with E-state index in [1.807, 2.05) is 0 Å². The summed E-state index contributed by atoms with van der Waals surface area (Å²) < 4.78 is 5.67. The molecule has 0 heterocycles. The number of carbonyl (C=O) groups excluding carboxylic acids is 2. The molecule has 0 aliphatic rings. The van der Waals surface area contributed by atoms with E-state index < -0.39 is 5.97 Å². The summed E-state index contributed by atoms with van der Waals surface area (Å²) in [6.07, 6.45) is 0. The van der Waals surface area contributed by atoms with Crippen LogP contribution in [0, 0.1) is 0 Å². The minimum Gasteiger partial charge on any atom is -0.457 e. The van der Waals surface area contributed by atoms with Crippen LogP contribution in [0.1, 0.15) is 10.4 Å². The third-order valence-corrected chi connectivity index (χ3v) is 5.17. The Hall–Kier alpha value is -1.01. The molecule has 0 radical (unpaired) electrons. The molecule has 0 aliphatic carbocycles. The maximum Gasteiger partial charge on any atom is 0.316 e. The van der Waals surface area contributed by atoms with Crippen LogP contribution in [0.4, 0.5) is 0 Å². The Morgan fingerprint density at radius 2 is 1.87 bits per heavy atom. The van der Waals surface area contributed by atoms with Crippen LogP contribution in [0.5, 0.6) is 0 Å². The zero-order chi connectivity index (χ0) is 16.8. The van der Waals surface area contributed by atoms with Gasteiger partial charge in [-0.05, 0) is 24.3 Å². The molecular weight excluding hydrogens is 423 g/mol. The van der Waals surface area contributed by atoms with Crippen LogP contribution in [0.2, 0.25) is 10.0 Å². The number of esters is 1. The number of Topliss-reactive ketones (excluding diaryl/α,β-unsaturated/α-hetero) is 1. The van der Waals surface area contributed by atoms with Gasteiger partial charge in [0.15, 0.2) is 6.61 Å². The summed E-state index contributed by atoms with van der Waals surface area (Å²) >= 11 is 16.4. The summed E-state index contributed by atoms with van der Waals surface area (Å²) in [6, 6.07) is 12.0. The summed E-state index contributed by atoms with van der Waals surface area (Å²) in [5.41, 5.74) is 0.478. The molecule has 2 aromatic rings. The standard InChI is InChI=1S/C16H11BrCl2O3S/c17-12-4-2-1-3-11(12)14(20)8-22-16(21)9-23-15-7-10(18)5-6-13(15)19/h1-7H,8-9H2. The second kappa shape index (κ2) is 8.73. The predicted octanol–water partition coefficient (Wildman–Crippen LogP) is 5.27. The molecule has 0 atom stereocenters. The Bertz CT molecular complexity index is 737. The van der Waals surface area contributed by atoms with Gasteiger partial charge in [0.1, 0.15) is 0 Å². The maximum absolute atomic E-state index is 12.0. The van der Waals surface area contributed by atoms with Gasteiger partial charge in [-0.2, -0.15) is 0 Å². The minimum atomic E-state index is -0.494. The second-order valence-electron chi connectivity index (χ2n) is 4.43. The molecule has 2 rings (SSSR count). The predicted molar refractivity (Wildman–Crippen MR) is 96.6 cm³/mol. The van der Waals surface area contributed by atoms with E-state index in [1.54, 1.807) is 42.5 Å². The first kappa shape index (κ1) is 18.3. The first-order valence-electron chi connectivity index (χ1n) is 6.48. The van der Waals surface area contributed by atoms with E-state index in [-0.39, 0.29) is 18.1 Å². The van der Waals surface area contributed by atoms with Crippen molar-refractivity contribution in [1.82, 2.24) is 0 Å². The molecule has 3 nitrogen and oxygen atoms in total. The quantitative estimate of drug-likeness (QED) is 0.353. The van der Waals surface area contributed by atoms with Gasteiger partial charge in [0.25, 0.3) is 0 Å². The van der Waals surface area contributed by atoms with Crippen LogP contribution in [-0.4, -0.2) is 24.1 Å². The van der Waals surface area contributed by atoms with Crippen LogP contribution in [0.25, 0.3) is 0 Å². The normalized spacial score (nSPS) is 10.4. The molecular formula is C16H11BrCl2O3S. The first-order valence-corrected chi connectivity index (χ1v) is 9.02. The average molecular weight is 434 g/mol. The van der Waals surface area contributed by atoms with Crippen LogP contribution in [0.3, 0.4) is 0 Å². The van der Waals surface area contributed by atoms with Gasteiger partial charge in [-0.15, -0.1) is 11.8 Å². The molecule has 0 bridgehead atoms. The summed E-state index contributed by atoms with van der Waals surface area (Å²) in [4.78, 5) is 24.4. The molecule has 120 valence electrons. The number of benzene rings is 2. The van der Waals surface area contributed by atoms with Crippen molar-refractivity contribution in [3.63, 3.8) is 0 Å². The van der Waals surface area contributed by atoms with E-state index in [4.69, 9.17) is 27.9 Å². The number of hydrogen-bond donors (Lipinski definition) is 0. The van der Waals surface area contributed by atoms with Gasteiger partial charge < -0.3 is 4.74 Å². The molecule has 0 saturated carbocycles. The molecule has 0 spiro atoms. The fraction of sp³-hybridized carbons (Fsp3) is 0.125. The van der Waals surface area contributed by atoms with Crippen molar-refractivity contribution in [2.75, 3.05) is 12.4 Å². The van der Waals surface area contributed by atoms with E-state index in [9.17, 15) is 9.59 Å². The maximum atomic E-state index is 12.0. The Balaban J connectivity index is 1.85. The highest BCUT2D eigenvalue weighted by molar-refractivity contribution is 9.10. The van der Waals surface area contributed by atoms with Crippen molar-refractivity contribution in [3.05, 3.63) is 62.5 Å².